The number of nitrogens with one attached hydrogen (secondary N) is 1. The molecule has 0 fully saturated rings. The first kappa shape index (κ1) is 26.5. The Bertz CT molecular complexity index is 1570. The summed E-state index contributed by atoms with van der Waals surface area (Å²) in [5.41, 5.74) is -1.15. The number of hydrogen-bond donors (Lipinski definition) is 1. The maximum atomic E-state index is 12.9. The van der Waals surface area contributed by atoms with E-state index in [9.17, 15) is 34.8 Å². The van der Waals surface area contributed by atoms with E-state index < -0.39 is 43.4 Å². The molecule has 0 radical (unpaired) electrons. The fourth-order valence-corrected chi connectivity index (χ4v) is 6.06. The number of halogens is 8. The minimum atomic E-state index is -4.69. The summed E-state index contributed by atoms with van der Waals surface area (Å²) in [5, 5.41) is 0.0320. The molecule has 0 spiro atoms. The lowest BCUT2D eigenvalue weighted by molar-refractivity contribution is -0.138. The van der Waals surface area contributed by atoms with E-state index in [4.69, 9.17) is 23.2 Å². The third-order valence-corrected chi connectivity index (χ3v) is 8.21. The van der Waals surface area contributed by atoms with E-state index in [0.29, 0.717) is 27.4 Å². The quantitative estimate of drug-likeness (QED) is 0.241. The normalized spacial score (nSPS) is 12.8. The van der Waals surface area contributed by atoms with Crippen LogP contribution in [-0.2, 0) is 28.8 Å². The standard InChI is InChI=1S/C22H12Cl2F6N2O2S2/c23-15-10-14(32-36(33,34)19-6-3-12(8-16(19)24)21(25,26)27)4-1-11(15)7-20-31-17-9-13(22(28,29)30)2-5-18(17)35-20/h1-6,8-10,32H,7H2. The minimum Gasteiger partial charge on any atom is -0.280 e. The van der Waals surface area contributed by atoms with Crippen molar-refractivity contribution in [3.8, 4) is 0 Å². The molecule has 1 heterocycles. The molecule has 36 heavy (non-hydrogen) atoms. The summed E-state index contributed by atoms with van der Waals surface area (Å²) in [6.45, 7) is 0. The van der Waals surface area contributed by atoms with Crippen LogP contribution in [0.5, 0.6) is 0 Å². The molecule has 0 atom stereocenters. The van der Waals surface area contributed by atoms with Crippen LogP contribution in [0.2, 0.25) is 10.0 Å². The van der Waals surface area contributed by atoms with Gasteiger partial charge in [-0.05, 0) is 54.1 Å². The van der Waals surface area contributed by atoms with Crippen LogP contribution in [0.1, 0.15) is 21.7 Å². The first-order chi connectivity index (χ1) is 16.6. The predicted molar refractivity (Wildman–Crippen MR) is 126 cm³/mol. The molecule has 4 rings (SSSR count). The van der Waals surface area contributed by atoms with Crippen molar-refractivity contribution in [2.24, 2.45) is 0 Å². The average molecular weight is 585 g/mol. The molecule has 0 amide bonds. The van der Waals surface area contributed by atoms with E-state index >= 15 is 0 Å². The second-order valence-corrected chi connectivity index (χ2v) is 11.1. The molecule has 4 nitrogen and oxygen atoms in total. The molecule has 1 N–H and O–H groups in total. The fourth-order valence-electron chi connectivity index (χ4n) is 3.25. The van der Waals surface area contributed by atoms with E-state index in [1.165, 1.54) is 35.6 Å². The number of thiazole rings is 1. The summed E-state index contributed by atoms with van der Waals surface area (Å²) in [4.78, 5) is 3.68. The monoisotopic (exact) mass is 584 g/mol. The van der Waals surface area contributed by atoms with Gasteiger partial charge in [-0.2, -0.15) is 26.3 Å². The van der Waals surface area contributed by atoms with Crippen LogP contribution in [-0.4, -0.2) is 13.4 Å². The lowest BCUT2D eigenvalue weighted by atomic mass is 10.1. The smallest absolute Gasteiger partial charge is 0.280 e. The van der Waals surface area contributed by atoms with Crippen LogP contribution < -0.4 is 4.72 Å². The summed E-state index contributed by atoms with van der Waals surface area (Å²) in [6.07, 6.45) is -9.00. The van der Waals surface area contributed by atoms with Crippen molar-refractivity contribution in [2.75, 3.05) is 4.72 Å². The number of sulfonamides is 1. The van der Waals surface area contributed by atoms with Crippen LogP contribution in [0.25, 0.3) is 10.2 Å². The second-order valence-electron chi connectivity index (χ2n) is 7.52. The SMILES string of the molecule is O=S(=O)(Nc1ccc(Cc2nc3cc(C(F)(F)F)ccc3s2)c(Cl)c1)c1ccc(C(F)(F)F)cc1Cl. The van der Waals surface area contributed by atoms with Crippen molar-refractivity contribution in [2.45, 2.75) is 23.7 Å². The molecule has 0 aliphatic heterocycles. The maximum absolute atomic E-state index is 12.9. The van der Waals surface area contributed by atoms with E-state index in [-0.39, 0.29) is 22.6 Å². The largest absolute Gasteiger partial charge is 0.416 e. The zero-order chi connectivity index (χ0) is 26.5. The summed E-state index contributed by atoms with van der Waals surface area (Å²) in [7, 11) is -4.34. The summed E-state index contributed by atoms with van der Waals surface area (Å²) in [6, 6.07) is 9.32. The van der Waals surface area contributed by atoms with Gasteiger partial charge in [0.15, 0.2) is 0 Å². The molecule has 190 valence electrons. The fraction of sp³-hybridized carbons (Fsp3) is 0.136. The Hall–Kier alpha value is -2.54. The van der Waals surface area contributed by atoms with Gasteiger partial charge in [0.05, 0.1) is 37.1 Å². The van der Waals surface area contributed by atoms with E-state index in [1.54, 1.807) is 0 Å². The van der Waals surface area contributed by atoms with Crippen molar-refractivity contribution >= 4 is 60.5 Å². The zero-order valence-corrected chi connectivity index (χ0v) is 20.7. The molecule has 0 unspecified atom stereocenters. The van der Waals surface area contributed by atoms with Crippen LogP contribution in [0, 0.1) is 0 Å². The van der Waals surface area contributed by atoms with E-state index in [0.717, 1.165) is 18.2 Å². The Morgan fingerprint density at radius 1 is 0.833 bits per heavy atom. The minimum absolute atomic E-state index is 0.0267. The summed E-state index contributed by atoms with van der Waals surface area (Å²) >= 11 is 13.3. The molecular weight excluding hydrogens is 573 g/mol. The van der Waals surface area contributed by atoms with Gasteiger partial charge in [0.25, 0.3) is 10.0 Å². The predicted octanol–water partition coefficient (Wildman–Crippen LogP) is 8.03. The van der Waals surface area contributed by atoms with Gasteiger partial charge in [-0.25, -0.2) is 13.4 Å². The summed E-state index contributed by atoms with van der Waals surface area (Å²) < 4.78 is 105. The number of fused-ring (bicyclic) bond motifs is 1. The molecule has 0 aliphatic rings. The molecule has 0 aliphatic carbocycles. The lowest BCUT2D eigenvalue weighted by Gasteiger charge is -2.13. The Morgan fingerprint density at radius 2 is 1.47 bits per heavy atom. The molecule has 3 aromatic carbocycles. The Kier molecular flexibility index (Phi) is 6.93. The van der Waals surface area contributed by atoms with Crippen molar-refractivity contribution in [3.63, 3.8) is 0 Å². The molecular formula is C22H12Cl2F6N2O2S2. The highest BCUT2D eigenvalue weighted by Crippen LogP contribution is 2.36. The second kappa shape index (κ2) is 9.40. The number of alkyl halides is 6. The Morgan fingerprint density at radius 3 is 2.08 bits per heavy atom. The van der Waals surface area contributed by atoms with Gasteiger partial charge in [-0.15, -0.1) is 11.3 Å². The zero-order valence-electron chi connectivity index (χ0n) is 17.5. The van der Waals surface area contributed by atoms with Gasteiger partial charge in [0.2, 0.25) is 0 Å². The topological polar surface area (TPSA) is 59.1 Å². The third kappa shape index (κ3) is 5.72. The highest BCUT2D eigenvalue weighted by atomic mass is 35.5. The van der Waals surface area contributed by atoms with Gasteiger partial charge >= 0.3 is 12.4 Å². The number of nitrogens with zero attached hydrogens (tertiary/aromatic N) is 1. The van der Waals surface area contributed by atoms with Gasteiger partial charge < -0.3 is 0 Å². The first-order valence-corrected chi connectivity index (χ1v) is 12.8. The number of benzene rings is 3. The van der Waals surface area contributed by atoms with Gasteiger partial charge in [-0.1, -0.05) is 29.3 Å². The number of hydrogen-bond acceptors (Lipinski definition) is 4. The lowest BCUT2D eigenvalue weighted by Crippen LogP contribution is -2.14. The van der Waals surface area contributed by atoms with Gasteiger partial charge in [0, 0.05) is 11.4 Å². The van der Waals surface area contributed by atoms with Crippen molar-refractivity contribution in [3.05, 3.63) is 86.3 Å². The maximum Gasteiger partial charge on any atom is 0.416 e. The van der Waals surface area contributed by atoms with Crippen LogP contribution >= 0.6 is 34.5 Å². The summed E-state index contributed by atoms with van der Waals surface area (Å²) in [5.74, 6) is 0. The van der Waals surface area contributed by atoms with Gasteiger partial charge in [-0.3, -0.25) is 4.72 Å². The molecule has 1 aromatic heterocycles. The molecule has 0 bridgehead atoms. The molecule has 14 heteroatoms. The van der Waals surface area contributed by atoms with Crippen LogP contribution in [0.3, 0.4) is 0 Å². The highest BCUT2D eigenvalue weighted by Gasteiger charge is 2.32. The third-order valence-electron chi connectivity index (χ3n) is 4.95. The van der Waals surface area contributed by atoms with Gasteiger partial charge in [0.1, 0.15) is 4.90 Å². The van der Waals surface area contributed by atoms with Crippen molar-refractivity contribution < 1.29 is 34.8 Å². The first-order valence-electron chi connectivity index (χ1n) is 9.78. The van der Waals surface area contributed by atoms with E-state index in [1.807, 2.05) is 0 Å². The Balaban J connectivity index is 1.54. The number of aromatic nitrogens is 1. The van der Waals surface area contributed by atoms with Crippen LogP contribution in [0.15, 0.2) is 59.5 Å². The molecule has 4 aromatic rings. The molecule has 0 saturated heterocycles. The Labute approximate surface area is 214 Å². The average Bonchev–Trinajstić information content (AvgIpc) is 3.15. The van der Waals surface area contributed by atoms with Crippen LogP contribution in [0.4, 0.5) is 32.0 Å². The van der Waals surface area contributed by atoms with E-state index in [2.05, 4.69) is 9.71 Å². The highest BCUT2D eigenvalue weighted by molar-refractivity contribution is 7.92. The van der Waals surface area contributed by atoms with Crippen molar-refractivity contribution in [1.29, 1.82) is 0 Å². The molecule has 0 saturated carbocycles. The number of rotatable bonds is 5. The number of anilines is 1. The van der Waals surface area contributed by atoms with Crippen molar-refractivity contribution in [1.82, 2.24) is 4.98 Å².